The average molecular weight is 957 g/mol. The third kappa shape index (κ3) is 13.3. The summed E-state index contributed by atoms with van der Waals surface area (Å²) in [5.74, 6) is 1.69. The Morgan fingerprint density at radius 2 is 0.986 bits per heavy atom. The number of nitrogens with zero attached hydrogens (tertiary/aromatic N) is 3. The van der Waals surface area contributed by atoms with Gasteiger partial charge < -0.3 is 16.0 Å². The van der Waals surface area contributed by atoms with E-state index in [9.17, 15) is 0 Å². The van der Waals surface area contributed by atoms with Gasteiger partial charge in [0.05, 0.1) is 40.7 Å². The number of hydrogen-bond acceptors (Lipinski definition) is 6. The zero-order valence-electron chi connectivity index (χ0n) is 45.0. The Kier molecular flexibility index (Phi) is 18.7. The number of fused-ring (bicyclic) bond motifs is 2. The predicted octanol–water partition coefficient (Wildman–Crippen LogP) is 14.1. The second-order valence-electron chi connectivity index (χ2n) is 20.6. The fraction of sp³-hybridized carbons (Fsp3) is 0.288. The Morgan fingerprint density at radius 3 is 1.48 bits per heavy atom. The van der Waals surface area contributed by atoms with E-state index in [1.54, 1.807) is 0 Å². The Balaban J connectivity index is 0.000000191. The number of anilines is 3. The van der Waals surface area contributed by atoms with E-state index in [0.717, 1.165) is 46.9 Å². The molecule has 3 N–H and O–H groups in total. The molecule has 4 heterocycles. The molecule has 2 aliphatic rings. The van der Waals surface area contributed by atoms with E-state index in [2.05, 4.69) is 225 Å². The maximum atomic E-state index is 5.26. The van der Waals surface area contributed by atoms with E-state index < -0.39 is 0 Å². The molecule has 2 aromatic heterocycles. The molecule has 368 valence electrons. The molecule has 0 spiro atoms. The van der Waals surface area contributed by atoms with Gasteiger partial charge in [0, 0.05) is 40.3 Å². The molecule has 0 saturated heterocycles. The number of aliphatic imine (C=N–C) groups is 1. The molecular weight excluding hydrogens is 884 g/mol. The fourth-order valence-corrected chi connectivity index (χ4v) is 9.97. The normalized spacial score (nSPS) is 14.8. The summed E-state index contributed by atoms with van der Waals surface area (Å²) in [5, 5.41) is 11.2. The van der Waals surface area contributed by atoms with Crippen molar-refractivity contribution in [1.82, 2.24) is 9.97 Å². The molecule has 73 heavy (non-hydrogen) atoms. The number of pyridine rings is 2. The molecule has 10 rings (SSSR count). The van der Waals surface area contributed by atoms with Gasteiger partial charge in [-0.3, -0.25) is 9.98 Å². The third-order valence-electron chi connectivity index (χ3n) is 13.6. The third-order valence-corrected chi connectivity index (χ3v) is 13.6. The van der Waals surface area contributed by atoms with Crippen molar-refractivity contribution < 1.29 is 18.9 Å². The van der Waals surface area contributed by atoms with Crippen LogP contribution in [0.3, 0.4) is 0 Å². The summed E-state index contributed by atoms with van der Waals surface area (Å²) >= 11 is 0. The van der Waals surface area contributed by atoms with Gasteiger partial charge in [0.1, 0.15) is 0 Å². The van der Waals surface area contributed by atoms with Crippen molar-refractivity contribution in [3.8, 4) is 22.5 Å². The van der Waals surface area contributed by atoms with Crippen LogP contribution < -0.4 is 34.8 Å². The molecule has 0 amide bonds. The molecule has 6 nitrogen and oxygen atoms in total. The summed E-state index contributed by atoms with van der Waals surface area (Å²) in [6.07, 6.45) is 4.03. The van der Waals surface area contributed by atoms with E-state index in [1.807, 2.05) is 42.6 Å². The van der Waals surface area contributed by atoms with E-state index in [-0.39, 0.29) is 24.9 Å². The molecular formula is C66H73LiN6. The minimum atomic E-state index is -0.0628. The first-order chi connectivity index (χ1) is 34.9. The minimum absolute atomic E-state index is 0. The first kappa shape index (κ1) is 54.1. The topological polar surface area (TPSA) is 74.2 Å². The zero-order valence-corrected chi connectivity index (χ0v) is 45.0. The largest absolute Gasteiger partial charge is 1.00 e. The molecule has 7 heteroatoms. The van der Waals surface area contributed by atoms with Crippen molar-refractivity contribution in [2.24, 2.45) is 4.99 Å². The summed E-state index contributed by atoms with van der Waals surface area (Å²) in [5.41, 5.74) is 20.2. The van der Waals surface area contributed by atoms with Crippen LogP contribution in [0.25, 0.3) is 22.5 Å². The second-order valence-corrected chi connectivity index (χ2v) is 20.6. The van der Waals surface area contributed by atoms with Crippen LogP contribution in [-0.4, -0.2) is 28.3 Å². The molecule has 2 aliphatic heterocycles. The maximum absolute atomic E-state index is 5.26. The van der Waals surface area contributed by atoms with Gasteiger partial charge in [-0.05, 0) is 114 Å². The van der Waals surface area contributed by atoms with Crippen LogP contribution in [-0.2, 0) is 12.8 Å². The van der Waals surface area contributed by atoms with E-state index in [1.165, 1.54) is 61.6 Å². The Bertz CT molecular complexity index is 2990. The maximum Gasteiger partial charge on any atom is 1.00 e. The van der Waals surface area contributed by atoms with Crippen molar-refractivity contribution in [3.05, 3.63) is 226 Å². The molecule has 8 aromatic rings. The number of para-hydroxylation sites is 4. The predicted molar refractivity (Wildman–Crippen MR) is 307 cm³/mol. The van der Waals surface area contributed by atoms with Crippen LogP contribution in [0, 0.1) is 6.07 Å². The Hall–Kier alpha value is -6.71. The van der Waals surface area contributed by atoms with Crippen LogP contribution >= 0.6 is 0 Å². The quantitative estimate of drug-likeness (QED) is 0.0646. The first-order valence-electron chi connectivity index (χ1n) is 26.1. The Morgan fingerprint density at radius 1 is 0.521 bits per heavy atom. The smallest absolute Gasteiger partial charge is 0.381 e. The first-order valence-corrected chi connectivity index (χ1v) is 26.1. The summed E-state index contributed by atoms with van der Waals surface area (Å²) in [6, 6.07) is 62.9. The van der Waals surface area contributed by atoms with Crippen molar-refractivity contribution >= 4 is 29.0 Å². The number of nitrogens with one attached hydrogen (secondary N) is 3. The monoisotopic (exact) mass is 957 g/mol. The van der Waals surface area contributed by atoms with Crippen molar-refractivity contribution in [1.29, 1.82) is 0 Å². The van der Waals surface area contributed by atoms with Gasteiger partial charge in [0.15, 0.2) is 0 Å². The van der Waals surface area contributed by atoms with E-state index in [0.29, 0.717) is 35.8 Å². The van der Waals surface area contributed by atoms with Gasteiger partial charge in [-0.25, -0.2) is 4.98 Å². The molecule has 0 saturated carbocycles. The number of benzene rings is 6. The Labute approximate surface area is 448 Å². The molecule has 0 unspecified atom stereocenters. The standard InChI is InChI=1S/C33H37N3.C27H31N3.C6H5.Li/c1-21(2)26-15-10-16-27(22(3)4)33(26)36-32(24-12-7-6-8-13-24)30-19-11-18-29(35-30)28-17-9-14-25-20-23(5)34-31(25)28;1-17(2)22-11-8-12-23(18(3)4)27(22)28-16-21-10-7-14-25(30-21)24-13-6-9-20-15-19(5)29-26(20)24;1-2-4-6-5-3-1;/h6-19,21-23,32,34,36H,20H2,1-5H3;6-14,16-19,29H,15H2,1-5H3;1-5H;/q;;-1;+1/t23-,32+;19-;;/m11../s1. The number of hydrogen-bond donors (Lipinski definition) is 3. The summed E-state index contributed by atoms with van der Waals surface area (Å²) in [7, 11) is 0. The van der Waals surface area contributed by atoms with E-state index >= 15 is 0 Å². The summed E-state index contributed by atoms with van der Waals surface area (Å²) < 4.78 is 0. The second kappa shape index (κ2) is 25.3. The average Bonchev–Trinajstić information content (AvgIpc) is 3.99. The van der Waals surface area contributed by atoms with Gasteiger partial charge in [0.2, 0.25) is 0 Å². The molecule has 0 aliphatic carbocycles. The minimum Gasteiger partial charge on any atom is -0.381 e. The molecule has 3 atom stereocenters. The van der Waals surface area contributed by atoms with Crippen molar-refractivity contribution in [2.75, 3.05) is 16.0 Å². The van der Waals surface area contributed by atoms with Gasteiger partial charge in [-0.15, -0.1) is 0 Å². The van der Waals surface area contributed by atoms with Gasteiger partial charge in [-0.2, -0.15) is 36.4 Å². The zero-order chi connectivity index (χ0) is 50.7. The SMILES string of the molecule is CC(C)c1cccc(C(C)C)c1N=Cc1cccc(-c2cccc3c2N[C@H](C)C3)n1.CC(C)c1cccc(C(C)C)c1N[C@@H](c1ccccc1)c1cccc(-c2cccc3c2N[C@H](C)C3)n1.[Li+].[c-]1ccccc1. The molecule has 0 radical (unpaired) electrons. The van der Waals surface area contributed by atoms with Crippen LogP contribution in [0.4, 0.5) is 22.7 Å². The summed E-state index contributed by atoms with van der Waals surface area (Å²) in [6.45, 7) is 22.4. The van der Waals surface area contributed by atoms with E-state index in [4.69, 9.17) is 15.0 Å². The number of rotatable bonds is 12. The molecule has 0 bridgehead atoms. The molecule has 0 fully saturated rings. The van der Waals surface area contributed by atoms with Gasteiger partial charge >= 0.3 is 18.9 Å². The van der Waals surface area contributed by atoms with Crippen LogP contribution in [0.1, 0.15) is 149 Å². The number of aromatic nitrogens is 2. The summed E-state index contributed by atoms with van der Waals surface area (Å²) in [4.78, 5) is 15.1. The van der Waals surface area contributed by atoms with Crippen LogP contribution in [0.5, 0.6) is 0 Å². The van der Waals surface area contributed by atoms with Gasteiger partial charge in [-0.1, -0.05) is 171 Å². The molecule has 6 aromatic carbocycles. The fourth-order valence-electron chi connectivity index (χ4n) is 9.97. The van der Waals surface area contributed by atoms with Crippen molar-refractivity contribution in [3.63, 3.8) is 0 Å². The van der Waals surface area contributed by atoms with Gasteiger partial charge in [0.25, 0.3) is 0 Å². The van der Waals surface area contributed by atoms with Crippen LogP contribution in [0.2, 0.25) is 0 Å². The van der Waals surface area contributed by atoms with Crippen molar-refractivity contribution in [2.45, 2.75) is 124 Å². The van der Waals surface area contributed by atoms with Crippen LogP contribution in [0.15, 0.2) is 175 Å².